The van der Waals surface area contributed by atoms with Gasteiger partial charge in [-0.2, -0.15) is 0 Å². The molecule has 0 bridgehead atoms. The molecular weight excluding hydrogens is 444 g/mol. The lowest BCUT2D eigenvalue weighted by molar-refractivity contribution is -0.118. The van der Waals surface area contributed by atoms with E-state index in [1.165, 1.54) is 25.1 Å². The summed E-state index contributed by atoms with van der Waals surface area (Å²) in [5, 5.41) is 22.0. The van der Waals surface area contributed by atoms with Gasteiger partial charge >= 0.3 is 0 Å². The highest BCUT2D eigenvalue weighted by atomic mass is 35.5. The summed E-state index contributed by atoms with van der Waals surface area (Å²) in [5.41, 5.74) is 0.970. The summed E-state index contributed by atoms with van der Waals surface area (Å²) in [4.78, 5) is 32.4. The van der Waals surface area contributed by atoms with E-state index in [1.807, 2.05) is 30.3 Å². The maximum absolute atomic E-state index is 12.3. The standard InChI is InChI=1S/C23H25ClN6O3/c1-15(31)25-9-10-26-20-14-21(30-22(29-20)16-5-3-2-4-6-16)27-11-12-28-23(33)18-13-17(24)7-8-19(18)32/h2-8,13-14,32H,9-12H2,1H3,(H,25,31)(H,28,33)(H2,26,27,29,30). The van der Waals surface area contributed by atoms with Gasteiger partial charge in [0.2, 0.25) is 5.91 Å². The third-order valence-electron chi connectivity index (χ3n) is 4.48. The van der Waals surface area contributed by atoms with Crippen LogP contribution in [0.25, 0.3) is 11.4 Å². The van der Waals surface area contributed by atoms with Crippen LogP contribution in [-0.2, 0) is 4.79 Å². The number of benzene rings is 2. The zero-order chi connectivity index (χ0) is 23.6. The van der Waals surface area contributed by atoms with Crippen LogP contribution >= 0.6 is 11.6 Å². The average molecular weight is 469 g/mol. The number of amides is 2. The Labute approximate surface area is 196 Å². The number of hydrogen-bond donors (Lipinski definition) is 5. The lowest BCUT2D eigenvalue weighted by Gasteiger charge is -2.12. The van der Waals surface area contributed by atoms with E-state index in [0.717, 1.165) is 5.56 Å². The first-order valence-electron chi connectivity index (χ1n) is 10.4. The van der Waals surface area contributed by atoms with Crippen molar-refractivity contribution in [2.24, 2.45) is 0 Å². The first kappa shape index (κ1) is 23.8. The van der Waals surface area contributed by atoms with Crippen molar-refractivity contribution in [3.8, 4) is 17.1 Å². The first-order valence-corrected chi connectivity index (χ1v) is 10.7. The molecule has 0 saturated heterocycles. The number of nitrogens with one attached hydrogen (secondary N) is 4. The number of hydrogen-bond acceptors (Lipinski definition) is 7. The van der Waals surface area contributed by atoms with Crippen LogP contribution in [-0.4, -0.2) is 53.1 Å². The SMILES string of the molecule is CC(=O)NCCNc1cc(NCCNC(=O)c2cc(Cl)ccc2O)nc(-c2ccccc2)n1. The van der Waals surface area contributed by atoms with Crippen LogP contribution in [0.2, 0.25) is 5.02 Å². The number of nitrogens with zero attached hydrogens (tertiary/aromatic N) is 2. The van der Waals surface area contributed by atoms with Gasteiger partial charge in [0.1, 0.15) is 17.4 Å². The van der Waals surface area contributed by atoms with Crippen molar-refractivity contribution in [3.05, 3.63) is 65.2 Å². The van der Waals surface area contributed by atoms with Crippen LogP contribution in [0, 0.1) is 0 Å². The molecule has 10 heteroatoms. The summed E-state index contributed by atoms with van der Waals surface area (Å²) in [6.07, 6.45) is 0. The number of aromatic hydroxyl groups is 1. The van der Waals surface area contributed by atoms with E-state index < -0.39 is 5.91 Å². The van der Waals surface area contributed by atoms with Crippen molar-refractivity contribution in [3.63, 3.8) is 0 Å². The second-order valence-corrected chi connectivity index (χ2v) is 7.52. The minimum Gasteiger partial charge on any atom is -0.507 e. The molecule has 0 radical (unpaired) electrons. The molecular formula is C23H25ClN6O3. The molecule has 1 aromatic heterocycles. The zero-order valence-corrected chi connectivity index (χ0v) is 18.8. The molecule has 0 atom stereocenters. The van der Waals surface area contributed by atoms with Gasteiger partial charge in [-0.1, -0.05) is 41.9 Å². The fourth-order valence-corrected chi connectivity index (χ4v) is 3.10. The van der Waals surface area contributed by atoms with Crippen LogP contribution in [0.3, 0.4) is 0 Å². The minimum atomic E-state index is -0.426. The largest absolute Gasteiger partial charge is 0.507 e. The lowest BCUT2D eigenvalue weighted by atomic mass is 10.2. The van der Waals surface area contributed by atoms with E-state index in [-0.39, 0.29) is 17.2 Å². The van der Waals surface area contributed by atoms with Gasteiger partial charge in [-0.05, 0) is 18.2 Å². The number of halogens is 1. The third-order valence-corrected chi connectivity index (χ3v) is 4.72. The van der Waals surface area contributed by atoms with Gasteiger partial charge in [-0.15, -0.1) is 0 Å². The lowest BCUT2D eigenvalue weighted by Crippen LogP contribution is -2.29. The minimum absolute atomic E-state index is 0.0973. The topological polar surface area (TPSA) is 128 Å². The molecule has 172 valence electrons. The number of anilines is 2. The third kappa shape index (κ3) is 7.36. The maximum atomic E-state index is 12.3. The van der Waals surface area contributed by atoms with E-state index >= 15 is 0 Å². The molecule has 2 aromatic carbocycles. The van der Waals surface area contributed by atoms with Gasteiger partial charge < -0.3 is 26.4 Å². The zero-order valence-electron chi connectivity index (χ0n) is 18.1. The molecule has 0 aliphatic rings. The van der Waals surface area contributed by atoms with E-state index in [0.29, 0.717) is 48.7 Å². The molecule has 0 fully saturated rings. The molecule has 1 heterocycles. The quantitative estimate of drug-likeness (QED) is 0.289. The highest BCUT2D eigenvalue weighted by molar-refractivity contribution is 6.31. The maximum Gasteiger partial charge on any atom is 0.255 e. The van der Waals surface area contributed by atoms with Crippen LogP contribution in [0.15, 0.2) is 54.6 Å². The highest BCUT2D eigenvalue weighted by Gasteiger charge is 2.11. The van der Waals surface area contributed by atoms with E-state index in [4.69, 9.17) is 11.6 Å². The van der Waals surface area contributed by atoms with E-state index in [2.05, 4.69) is 31.2 Å². The Morgan fingerprint density at radius 2 is 1.52 bits per heavy atom. The Bertz CT molecular complexity index is 1110. The summed E-state index contributed by atoms with van der Waals surface area (Å²) in [7, 11) is 0. The van der Waals surface area contributed by atoms with Crippen LogP contribution in [0.4, 0.5) is 11.6 Å². The van der Waals surface area contributed by atoms with Crippen LogP contribution < -0.4 is 21.3 Å². The summed E-state index contributed by atoms with van der Waals surface area (Å²) in [6.45, 7) is 3.12. The number of carbonyl (C=O) groups is 2. The number of carbonyl (C=O) groups excluding carboxylic acids is 2. The number of aromatic nitrogens is 2. The van der Waals surface area contributed by atoms with Crippen LogP contribution in [0.5, 0.6) is 5.75 Å². The number of phenols is 1. The van der Waals surface area contributed by atoms with Gasteiger partial charge in [0.15, 0.2) is 5.82 Å². The van der Waals surface area contributed by atoms with Gasteiger partial charge in [0.05, 0.1) is 5.56 Å². The van der Waals surface area contributed by atoms with Gasteiger partial charge in [-0.3, -0.25) is 9.59 Å². The van der Waals surface area contributed by atoms with Gasteiger partial charge in [0, 0.05) is 49.8 Å². The second-order valence-electron chi connectivity index (χ2n) is 7.08. The number of rotatable bonds is 10. The second kappa shape index (κ2) is 11.7. The Balaban J connectivity index is 1.63. The van der Waals surface area contributed by atoms with E-state index in [1.54, 1.807) is 6.07 Å². The Kier molecular flexibility index (Phi) is 8.43. The molecule has 0 aliphatic heterocycles. The normalized spacial score (nSPS) is 10.4. The summed E-state index contributed by atoms with van der Waals surface area (Å²) < 4.78 is 0. The molecule has 0 spiro atoms. The van der Waals surface area contributed by atoms with Crippen molar-refractivity contribution in [2.75, 3.05) is 36.8 Å². The average Bonchev–Trinajstić information content (AvgIpc) is 2.81. The van der Waals surface area contributed by atoms with Crippen molar-refractivity contribution in [1.29, 1.82) is 0 Å². The fourth-order valence-electron chi connectivity index (χ4n) is 2.93. The molecule has 5 N–H and O–H groups in total. The smallest absolute Gasteiger partial charge is 0.255 e. The summed E-state index contributed by atoms with van der Waals surface area (Å²) >= 11 is 5.90. The molecule has 33 heavy (non-hydrogen) atoms. The molecule has 0 unspecified atom stereocenters. The molecule has 0 saturated carbocycles. The van der Waals surface area contributed by atoms with Crippen molar-refractivity contribution in [2.45, 2.75) is 6.92 Å². The Hall–Kier alpha value is -3.85. The van der Waals surface area contributed by atoms with Gasteiger partial charge in [-0.25, -0.2) is 9.97 Å². The predicted octanol–water partition coefficient (Wildman–Crippen LogP) is 2.89. The highest BCUT2D eigenvalue weighted by Crippen LogP contribution is 2.21. The van der Waals surface area contributed by atoms with Crippen LogP contribution in [0.1, 0.15) is 17.3 Å². The summed E-state index contributed by atoms with van der Waals surface area (Å²) in [6, 6.07) is 15.6. The Morgan fingerprint density at radius 1 is 0.879 bits per heavy atom. The molecule has 0 aliphatic carbocycles. The predicted molar refractivity (Wildman–Crippen MR) is 129 cm³/mol. The first-order chi connectivity index (χ1) is 15.9. The molecule has 9 nitrogen and oxygen atoms in total. The monoisotopic (exact) mass is 468 g/mol. The van der Waals surface area contributed by atoms with Crippen molar-refractivity contribution in [1.82, 2.24) is 20.6 Å². The fraction of sp³-hybridized carbons (Fsp3) is 0.217. The molecule has 3 rings (SSSR count). The Morgan fingerprint density at radius 3 is 2.15 bits per heavy atom. The summed E-state index contributed by atoms with van der Waals surface area (Å²) in [5.74, 6) is 1.05. The molecule has 2 amide bonds. The van der Waals surface area contributed by atoms with Gasteiger partial charge in [0.25, 0.3) is 5.91 Å². The van der Waals surface area contributed by atoms with Crippen molar-refractivity contribution >= 4 is 35.1 Å². The van der Waals surface area contributed by atoms with Crippen molar-refractivity contribution < 1.29 is 14.7 Å². The number of phenolic OH excluding ortho intramolecular Hbond substituents is 1. The molecule has 3 aromatic rings. The van der Waals surface area contributed by atoms with E-state index in [9.17, 15) is 14.7 Å².